The molecule has 0 aliphatic heterocycles. The van der Waals surface area contributed by atoms with E-state index in [1.165, 1.54) is 13.0 Å². The fourth-order valence-corrected chi connectivity index (χ4v) is 2.87. The second-order valence-electron chi connectivity index (χ2n) is 6.42. The summed E-state index contributed by atoms with van der Waals surface area (Å²) < 4.78 is 44.8. The number of nitrogens with one attached hydrogen (secondary N) is 2. The summed E-state index contributed by atoms with van der Waals surface area (Å²) in [7, 11) is 0. The standard InChI is InChI=1S/C16H23F3N2O4/c1-10-2-7-13(25-10)15(24,16(17,18)19)8-9-20-14(23)21-11-3-5-12(22)6-4-11/h2,7,11-12,22,24H,3-6,8-9H2,1H3,(H2,20,21,23)/t11?,12?,15-/m1/s1. The monoisotopic (exact) mass is 364 g/mol. The zero-order valence-electron chi connectivity index (χ0n) is 13.9. The molecule has 0 aromatic carbocycles. The number of aliphatic hydroxyl groups excluding tert-OH is 1. The molecule has 1 heterocycles. The predicted molar refractivity (Wildman–Crippen MR) is 82.8 cm³/mol. The summed E-state index contributed by atoms with van der Waals surface area (Å²) in [5, 5.41) is 24.5. The lowest BCUT2D eigenvalue weighted by Crippen LogP contribution is -2.48. The van der Waals surface area contributed by atoms with Crippen LogP contribution in [0.5, 0.6) is 0 Å². The van der Waals surface area contributed by atoms with E-state index in [1.807, 2.05) is 0 Å². The average molecular weight is 364 g/mol. The number of carbonyl (C=O) groups excluding carboxylic acids is 1. The summed E-state index contributed by atoms with van der Waals surface area (Å²) in [6.07, 6.45) is -3.67. The van der Waals surface area contributed by atoms with Crippen LogP contribution in [0.15, 0.2) is 16.5 Å². The van der Waals surface area contributed by atoms with E-state index >= 15 is 0 Å². The highest BCUT2D eigenvalue weighted by Crippen LogP contribution is 2.42. The van der Waals surface area contributed by atoms with Crippen LogP contribution in [0.1, 0.15) is 43.6 Å². The van der Waals surface area contributed by atoms with Gasteiger partial charge in [-0.05, 0) is 44.7 Å². The number of rotatable bonds is 5. The predicted octanol–water partition coefficient (Wildman–Crippen LogP) is 2.33. The van der Waals surface area contributed by atoms with Crippen molar-refractivity contribution < 1.29 is 32.6 Å². The molecule has 1 atom stereocenters. The van der Waals surface area contributed by atoms with Gasteiger partial charge in [0.15, 0.2) is 0 Å². The molecule has 2 rings (SSSR count). The number of furan rings is 1. The van der Waals surface area contributed by atoms with E-state index in [1.54, 1.807) is 0 Å². The van der Waals surface area contributed by atoms with Crippen LogP contribution in [0.3, 0.4) is 0 Å². The molecule has 1 fully saturated rings. The first-order valence-electron chi connectivity index (χ1n) is 8.20. The third-order valence-corrected chi connectivity index (χ3v) is 4.42. The number of urea groups is 1. The van der Waals surface area contributed by atoms with E-state index in [4.69, 9.17) is 4.42 Å². The zero-order valence-corrected chi connectivity index (χ0v) is 13.9. The summed E-state index contributed by atoms with van der Waals surface area (Å²) >= 11 is 0. The summed E-state index contributed by atoms with van der Waals surface area (Å²) in [4.78, 5) is 11.8. The van der Waals surface area contributed by atoms with E-state index in [0.29, 0.717) is 25.7 Å². The molecule has 0 bridgehead atoms. The molecule has 4 N–H and O–H groups in total. The van der Waals surface area contributed by atoms with Crippen LogP contribution in [-0.2, 0) is 5.60 Å². The molecular formula is C16H23F3N2O4. The first-order valence-corrected chi connectivity index (χ1v) is 8.20. The molecule has 9 heteroatoms. The Labute approximate surface area is 143 Å². The molecule has 0 spiro atoms. The highest BCUT2D eigenvalue weighted by molar-refractivity contribution is 5.74. The molecule has 1 aliphatic rings. The van der Waals surface area contributed by atoms with Gasteiger partial charge in [-0.1, -0.05) is 0 Å². The van der Waals surface area contributed by atoms with E-state index in [0.717, 1.165) is 6.07 Å². The van der Waals surface area contributed by atoms with Gasteiger partial charge in [-0.2, -0.15) is 13.2 Å². The Morgan fingerprint density at radius 3 is 2.44 bits per heavy atom. The molecule has 25 heavy (non-hydrogen) atoms. The quantitative estimate of drug-likeness (QED) is 0.645. The minimum absolute atomic E-state index is 0.113. The lowest BCUT2D eigenvalue weighted by molar-refractivity contribution is -0.274. The van der Waals surface area contributed by atoms with Crippen molar-refractivity contribution in [2.45, 2.75) is 63.0 Å². The van der Waals surface area contributed by atoms with Gasteiger partial charge in [-0.15, -0.1) is 0 Å². The largest absolute Gasteiger partial charge is 0.463 e. The number of aryl methyl sites for hydroxylation is 1. The fraction of sp³-hybridized carbons (Fsp3) is 0.688. The Hall–Kier alpha value is -1.74. The van der Waals surface area contributed by atoms with E-state index in [-0.39, 0.29) is 24.5 Å². The lowest BCUT2D eigenvalue weighted by atomic mass is 9.93. The number of amides is 2. The van der Waals surface area contributed by atoms with Crippen LogP contribution in [0.25, 0.3) is 0 Å². The molecule has 1 aromatic heterocycles. The molecule has 0 radical (unpaired) electrons. The minimum atomic E-state index is -4.94. The van der Waals surface area contributed by atoms with Gasteiger partial charge in [0.2, 0.25) is 5.60 Å². The SMILES string of the molecule is Cc1ccc([C@](O)(CCNC(=O)NC2CCC(O)CC2)C(F)(F)F)o1. The highest BCUT2D eigenvalue weighted by atomic mass is 19.4. The van der Waals surface area contributed by atoms with Crippen molar-refractivity contribution >= 4 is 6.03 Å². The van der Waals surface area contributed by atoms with Crippen molar-refractivity contribution in [2.24, 2.45) is 0 Å². The fourth-order valence-electron chi connectivity index (χ4n) is 2.87. The van der Waals surface area contributed by atoms with E-state index in [9.17, 15) is 28.2 Å². The Morgan fingerprint density at radius 1 is 1.28 bits per heavy atom. The van der Waals surface area contributed by atoms with Gasteiger partial charge >= 0.3 is 12.2 Å². The molecule has 1 saturated carbocycles. The van der Waals surface area contributed by atoms with Gasteiger partial charge in [-0.3, -0.25) is 0 Å². The van der Waals surface area contributed by atoms with E-state index in [2.05, 4.69) is 10.6 Å². The topological polar surface area (TPSA) is 94.7 Å². The first-order chi connectivity index (χ1) is 11.6. The summed E-state index contributed by atoms with van der Waals surface area (Å²) in [6.45, 7) is 1.10. The summed E-state index contributed by atoms with van der Waals surface area (Å²) in [5.41, 5.74) is -3.16. The molecule has 0 unspecified atom stereocenters. The average Bonchev–Trinajstić information content (AvgIpc) is 2.95. The van der Waals surface area contributed by atoms with Crippen molar-refractivity contribution in [1.29, 1.82) is 0 Å². The van der Waals surface area contributed by atoms with Gasteiger partial charge in [-0.25, -0.2) is 4.79 Å². The third-order valence-electron chi connectivity index (χ3n) is 4.42. The van der Waals surface area contributed by atoms with Crippen molar-refractivity contribution in [2.75, 3.05) is 6.54 Å². The van der Waals surface area contributed by atoms with Crippen LogP contribution in [-0.4, -0.2) is 41.1 Å². The zero-order chi connectivity index (χ0) is 18.7. The van der Waals surface area contributed by atoms with E-state index < -0.39 is 30.0 Å². The van der Waals surface area contributed by atoms with Crippen LogP contribution in [0, 0.1) is 6.92 Å². The number of alkyl halides is 3. The van der Waals surface area contributed by atoms with Gasteiger partial charge in [0.05, 0.1) is 6.10 Å². The number of hydrogen-bond donors (Lipinski definition) is 4. The lowest BCUT2D eigenvalue weighted by Gasteiger charge is -2.29. The Balaban J connectivity index is 1.88. The Kier molecular flexibility index (Phi) is 5.99. The second kappa shape index (κ2) is 7.65. The molecule has 1 aromatic rings. The van der Waals surface area contributed by atoms with Gasteiger partial charge in [0, 0.05) is 19.0 Å². The molecule has 1 aliphatic carbocycles. The van der Waals surface area contributed by atoms with Gasteiger partial charge in [0.1, 0.15) is 11.5 Å². The second-order valence-corrected chi connectivity index (χ2v) is 6.42. The molecule has 142 valence electrons. The Bertz CT molecular complexity index is 582. The number of hydrogen-bond acceptors (Lipinski definition) is 4. The minimum Gasteiger partial charge on any atom is -0.463 e. The smallest absolute Gasteiger partial charge is 0.424 e. The van der Waals surface area contributed by atoms with Crippen molar-refractivity contribution in [3.8, 4) is 0 Å². The number of halogens is 3. The number of carbonyl (C=O) groups is 1. The van der Waals surface area contributed by atoms with Crippen LogP contribution < -0.4 is 10.6 Å². The maximum Gasteiger partial charge on any atom is 0.424 e. The maximum absolute atomic E-state index is 13.3. The summed E-state index contributed by atoms with van der Waals surface area (Å²) in [5.74, 6) is -0.344. The maximum atomic E-state index is 13.3. The normalized spacial score (nSPS) is 23.8. The Morgan fingerprint density at radius 2 is 1.92 bits per heavy atom. The van der Waals surface area contributed by atoms with Gasteiger partial charge in [0.25, 0.3) is 0 Å². The van der Waals surface area contributed by atoms with Crippen LogP contribution >= 0.6 is 0 Å². The molecule has 0 saturated heterocycles. The third kappa shape index (κ3) is 4.88. The summed E-state index contributed by atoms with van der Waals surface area (Å²) in [6, 6.07) is 1.71. The van der Waals surface area contributed by atoms with Crippen LogP contribution in [0.4, 0.5) is 18.0 Å². The first kappa shape index (κ1) is 19.6. The van der Waals surface area contributed by atoms with Crippen molar-refractivity contribution in [3.05, 3.63) is 23.7 Å². The molecule has 6 nitrogen and oxygen atoms in total. The molecule has 2 amide bonds. The number of aliphatic hydroxyl groups is 2. The van der Waals surface area contributed by atoms with Gasteiger partial charge < -0.3 is 25.3 Å². The molecular weight excluding hydrogens is 341 g/mol. The van der Waals surface area contributed by atoms with Crippen molar-refractivity contribution in [3.63, 3.8) is 0 Å². The van der Waals surface area contributed by atoms with Crippen molar-refractivity contribution in [1.82, 2.24) is 10.6 Å². The highest BCUT2D eigenvalue weighted by Gasteiger charge is 2.56. The van der Waals surface area contributed by atoms with Crippen LogP contribution in [0.2, 0.25) is 0 Å².